The molecule has 6 nitrogen and oxygen atoms in total. The summed E-state index contributed by atoms with van der Waals surface area (Å²) in [4.78, 5) is 25.3. The molecule has 142 valence electrons. The molecule has 10 heteroatoms. The Morgan fingerprint density at radius 2 is 1.96 bits per heavy atom. The van der Waals surface area contributed by atoms with Crippen LogP contribution in [0.25, 0.3) is 22.4 Å². The Morgan fingerprint density at radius 3 is 2.75 bits per heavy atom. The molecule has 3 heterocycles. The predicted octanol–water partition coefficient (Wildman–Crippen LogP) is 4.51. The number of halogens is 2. The lowest BCUT2D eigenvalue weighted by Gasteiger charge is -2.08. The second-order valence-electron chi connectivity index (χ2n) is 5.65. The van der Waals surface area contributed by atoms with Gasteiger partial charge >= 0.3 is 0 Å². The SMILES string of the molecule is O=C(Cn1c(SC(F)F)nc2ccccc21)Nc1nc(-c2ccccn2)cs1. The van der Waals surface area contributed by atoms with Crippen molar-refractivity contribution < 1.29 is 13.6 Å². The van der Waals surface area contributed by atoms with Gasteiger partial charge < -0.3 is 9.88 Å². The van der Waals surface area contributed by atoms with E-state index < -0.39 is 5.76 Å². The van der Waals surface area contributed by atoms with Crippen molar-refractivity contribution in [2.24, 2.45) is 0 Å². The number of pyridine rings is 1. The molecular weight excluding hydrogens is 404 g/mol. The lowest BCUT2D eigenvalue weighted by Crippen LogP contribution is -2.19. The molecule has 28 heavy (non-hydrogen) atoms. The molecule has 0 spiro atoms. The van der Waals surface area contributed by atoms with Crippen LogP contribution in [-0.2, 0) is 11.3 Å². The Morgan fingerprint density at radius 1 is 1.14 bits per heavy atom. The smallest absolute Gasteiger partial charge is 0.291 e. The van der Waals surface area contributed by atoms with Gasteiger partial charge in [-0.15, -0.1) is 11.3 Å². The van der Waals surface area contributed by atoms with Gasteiger partial charge in [0, 0.05) is 11.6 Å². The topological polar surface area (TPSA) is 72.7 Å². The summed E-state index contributed by atoms with van der Waals surface area (Å²) in [5, 5.41) is 5.02. The third-order valence-electron chi connectivity index (χ3n) is 3.79. The largest absolute Gasteiger partial charge is 0.309 e. The number of nitrogens with zero attached hydrogens (tertiary/aromatic N) is 4. The van der Waals surface area contributed by atoms with E-state index in [9.17, 15) is 13.6 Å². The summed E-state index contributed by atoms with van der Waals surface area (Å²) in [6.07, 6.45) is 1.67. The van der Waals surface area contributed by atoms with E-state index in [2.05, 4.69) is 20.3 Å². The van der Waals surface area contributed by atoms with E-state index in [-0.39, 0.29) is 17.6 Å². The molecule has 0 aliphatic heterocycles. The first-order chi connectivity index (χ1) is 13.6. The molecule has 0 aliphatic carbocycles. The lowest BCUT2D eigenvalue weighted by atomic mass is 10.3. The average molecular weight is 417 g/mol. The van der Waals surface area contributed by atoms with Crippen LogP contribution in [0.15, 0.2) is 59.2 Å². The number of imidazole rings is 1. The normalized spacial score (nSPS) is 11.2. The predicted molar refractivity (Wildman–Crippen MR) is 106 cm³/mol. The summed E-state index contributed by atoms with van der Waals surface area (Å²) in [6.45, 7) is -0.145. The summed E-state index contributed by atoms with van der Waals surface area (Å²) in [7, 11) is 0. The number of fused-ring (bicyclic) bond motifs is 1. The van der Waals surface area contributed by atoms with E-state index in [4.69, 9.17) is 0 Å². The Kier molecular flexibility index (Phi) is 5.31. The zero-order valence-electron chi connectivity index (χ0n) is 14.3. The number of aromatic nitrogens is 4. The van der Waals surface area contributed by atoms with Gasteiger partial charge in [0.05, 0.1) is 16.7 Å². The van der Waals surface area contributed by atoms with E-state index in [1.54, 1.807) is 35.8 Å². The van der Waals surface area contributed by atoms with Crippen molar-refractivity contribution in [3.63, 3.8) is 0 Å². The summed E-state index contributed by atoms with van der Waals surface area (Å²) in [6, 6.07) is 12.5. The van der Waals surface area contributed by atoms with Crippen molar-refractivity contribution in [1.82, 2.24) is 19.5 Å². The third kappa shape index (κ3) is 4.02. The molecule has 4 aromatic rings. The van der Waals surface area contributed by atoms with Gasteiger partial charge in [-0.2, -0.15) is 8.78 Å². The summed E-state index contributed by atoms with van der Waals surface area (Å²) < 4.78 is 27.2. The maximum absolute atomic E-state index is 12.9. The number of alkyl halides is 2. The van der Waals surface area contributed by atoms with Gasteiger partial charge in [-0.1, -0.05) is 18.2 Å². The van der Waals surface area contributed by atoms with Gasteiger partial charge in [-0.25, -0.2) is 9.97 Å². The maximum atomic E-state index is 12.9. The highest BCUT2D eigenvalue weighted by Gasteiger charge is 2.18. The van der Waals surface area contributed by atoms with Crippen molar-refractivity contribution in [2.45, 2.75) is 17.5 Å². The van der Waals surface area contributed by atoms with Crippen LogP contribution < -0.4 is 5.32 Å². The standard InChI is InChI=1S/C18H13F2N5OS2/c19-16(20)28-18-23-12-6-1-2-7-14(12)25(18)9-15(26)24-17-22-13(10-27-17)11-5-3-4-8-21-11/h1-8,10,16H,9H2,(H,22,24,26). The van der Waals surface area contributed by atoms with E-state index in [0.29, 0.717) is 39.3 Å². The highest BCUT2D eigenvalue weighted by molar-refractivity contribution is 7.99. The minimum absolute atomic E-state index is 0.0969. The number of carbonyl (C=O) groups is 1. The Bertz CT molecular complexity index is 1110. The van der Waals surface area contributed by atoms with E-state index >= 15 is 0 Å². The zero-order valence-corrected chi connectivity index (χ0v) is 15.9. The van der Waals surface area contributed by atoms with Crippen LogP contribution in [0.4, 0.5) is 13.9 Å². The number of hydrogen-bond donors (Lipinski definition) is 1. The monoisotopic (exact) mass is 417 g/mol. The van der Waals surface area contributed by atoms with Crippen LogP contribution >= 0.6 is 23.1 Å². The number of carbonyl (C=O) groups excluding carboxylic acids is 1. The molecular formula is C18H13F2N5OS2. The Hall–Kier alpha value is -2.85. The minimum Gasteiger partial charge on any atom is -0.309 e. The fraction of sp³-hybridized carbons (Fsp3) is 0.111. The molecule has 1 N–H and O–H groups in total. The molecule has 1 amide bonds. The van der Waals surface area contributed by atoms with Crippen molar-refractivity contribution in [1.29, 1.82) is 0 Å². The van der Waals surface area contributed by atoms with Crippen LogP contribution in [0.5, 0.6) is 0 Å². The number of benzene rings is 1. The number of nitrogens with one attached hydrogen (secondary N) is 1. The molecule has 0 radical (unpaired) electrons. The van der Waals surface area contributed by atoms with Gasteiger partial charge in [0.25, 0.3) is 5.76 Å². The lowest BCUT2D eigenvalue weighted by molar-refractivity contribution is -0.116. The number of amides is 1. The summed E-state index contributed by atoms with van der Waals surface area (Å²) in [5.41, 5.74) is 2.54. The zero-order chi connectivity index (χ0) is 19.5. The quantitative estimate of drug-likeness (QED) is 0.468. The number of thiazole rings is 1. The molecule has 0 saturated carbocycles. The van der Waals surface area contributed by atoms with Gasteiger partial charge in [0.1, 0.15) is 12.2 Å². The third-order valence-corrected chi connectivity index (χ3v) is 5.25. The van der Waals surface area contributed by atoms with Crippen LogP contribution in [0.2, 0.25) is 0 Å². The van der Waals surface area contributed by atoms with E-state index in [1.807, 2.05) is 18.2 Å². The molecule has 0 saturated heterocycles. The highest BCUT2D eigenvalue weighted by Crippen LogP contribution is 2.29. The molecule has 4 rings (SSSR count). The molecule has 0 atom stereocenters. The first-order valence-electron chi connectivity index (χ1n) is 8.17. The minimum atomic E-state index is -2.63. The van der Waals surface area contributed by atoms with Crippen LogP contribution in [-0.4, -0.2) is 31.2 Å². The molecule has 1 aromatic carbocycles. The molecule has 3 aromatic heterocycles. The average Bonchev–Trinajstić information content (AvgIpc) is 3.27. The maximum Gasteiger partial charge on any atom is 0.291 e. The van der Waals surface area contributed by atoms with Gasteiger partial charge in [-0.3, -0.25) is 9.78 Å². The second kappa shape index (κ2) is 8.03. The molecule has 0 bridgehead atoms. The number of anilines is 1. The summed E-state index contributed by atoms with van der Waals surface area (Å²) in [5.74, 6) is -3.00. The first-order valence-corrected chi connectivity index (χ1v) is 9.93. The number of thioether (sulfide) groups is 1. The van der Waals surface area contributed by atoms with Crippen molar-refractivity contribution >= 4 is 45.2 Å². The molecule has 0 aliphatic rings. The Balaban J connectivity index is 1.53. The van der Waals surface area contributed by atoms with E-state index in [1.165, 1.54) is 15.9 Å². The van der Waals surface area contributed by atoms with Crippen LogP contribution in [0.3, 0.4) is 0 Å². The highest BCUT2D eigenvalue weighted by atomic mass is 32.2. The number of hydrogen-bond acceptors (Lipinski definition) is 6. The fourth-order valence-corrected chi connectivity index (χ4v) is 3.96. The summed E-state index contributed by atoms with van der Waals surface area (Å²) >= 11 is 1.59. The van der Waals surface area contributed by atoms with Gasteiger partial charge in [0.2, 0.25) is 5.91 Å². The van der Waals surface area contributed by atoms with E-state index in [0.717, 1.165) is 0 Å². The fourth-order valence-electron chi connectivity index (χ4n) is 2.64. The van der Waals surface area contributed by atoms with Gasteiger partial charge in [-0.05, 0) is 36.0 Å². The number of rotatable bonds is 6. The van der Waals surface area contributed by atoms with Gasteiger partial charge in [0.15, 0.2) is 10.3 Å². The second-order valence-corrected chi connectivity index (χ2v) is 7.46. The van der Waals surface area contributed by atoms with Crippen molar-refractivity contribution in [2.75, 3.05) is 5.32 Å². The molecule has 0 unspecified atom stereocenters. The van der Waals surface area contributed by atoms with Crippen LogP contribution in [0, 0.1) is 0 Å². The first kappa shape index (κ1) is 18.5. The number of para-hydroxylation sites is 2. The van der Waals surface area contributed by atoms with Crippen LogP contribution in [0.1, 0.15) is 0 Å². The van der Waals surface area contributed by atoms with Crippen molar-refractivity contribution in [3.05, 3.63) is 54.0 Å². The Labute approximate surface area is 166 Å². The van der Waals surface area contributed by atoms with Crippen molar-refractivity contribution in [3.8, 4) is 11.4 Å². The molecule has 0 fully saturated rings.